The molecule has 0 unspecified atom stereocenters. The van der Waals surface area contributed by atoms with Crippen LogP contribution in [0.3, 0.4) is 0 Å². The lowest BCUT2D eigenvalue weighted by Crippen LogP contribution is -2.41. The number of ether oxygens (including phenoxy) is 1. The average molecular weight is 257 g/mol. The summed E-state index contributed by atoms with van der Waals surface area (Å²) in [6, 6.07) is 4.05. The predicted molar refractivity (Wildman–Crippen MR) is 59.6 cm³/mol. The number of aromatic nitrogens is 1. The van der Waals surface area contributed by atoms with Gasteiger partial charge in [-0.1, -0.05) is 0 Å². The van der Waals surface area contributed by atoms with Crippen LogP contribution < -0.4 is 4.90 Å². The van der Waals surface area contributed by atoms with E-state index in [1.165, 1.54) is 0 Å². The van der Waals surface area contributed by atoms with Gasteiger partial charge < -0.3 is 9.64 Å². The fraction of sp³-hybridized carbons (Fsp3) is 0.500. The highest BCUT2D eigenvalue weighted by Gasteiger charge is 2.17. The Hall–Kier alpha value is -0.610. The molecule has 1 saturated heterocycles. The summed E-state index contributed by atoms with van der Waals surface area (Å²) in [7, 11) is 0. The second-order valence-corrected chi connectivity index (χ2v) is 4.38. The third kappa shape index (κ3) is 2.25. The monoisotopic (exact) mass is 256 g/mol. The van der Waals surface area contributed by atoms with Crippen LogP contribution in [0, 0.1) is 0 Å². The van der Waals surface area contributed by atoms with Crippen LogP contribution in [-0.2, 0) is 4.74 Å². The van der Waals surface area contributed by atoms with Crippen molar-refractivity contribution in [3.63, 3.8) is 0 Å². The normalized spacial score (nSPS) is 22.4. The highest BCUT2D eigenvalue weighted by atomic mass is 79.9. The Morgan fingerprint density at radius 2 is 2.43 bits per heavy atom. The van der Waals surface area contributed by atoms with Crippen molar-refractivity contribution in [3.05, 3.63) is 22.8 Å². The van der Waals surface area contributed by atoms with Crippen LogP contribution in [0.25, 0.3) is 0 Å². The molecule has 2 heterocycles. The van der Waals surface area contributed by atoms with Gasteiger partial charge in [-0.3, -0.25) is 0 Å². The Balaban J connectivity index is 2.10. The van der Waals surface area contributed by atoms with Crippen LogP contribution in [0.2, 0.25) is 0 Å². The minimum Gasteiger partial charge on any atom is -0.375 e. The van der Waals surface area contributed by atoms with Gasteiger partial charge in [-0.25, -0.2) is 4.98 Å². The lowest BCUT2D eigenvalue weighted by molar-refractivity contribution is 0.0529. The lowest BCUT2D eigenvalue weighted by Gasteiger charge is -2.31. The second-order valence-electron chi connectivity index (χ2n) is 3.46. The van der Waals surface area contributed by atoms with Gasteiger partial charge in [0.25, 0.3) is 0 Å². The van der Waals surface area contributed by atoms with Crippen LogP contribution in [-0.4, -0.2) is 30.8 Å². The Kier molecular flexibility index (Phi) is 3.03. The van der Waals surface area contributed by atoms with E-state index in [1.54, 1.807) is 0 Å². The van der Waals surface area contributed by atoms with Crippen molar-refractivity contribution in [3.8, 4) is 0 Å². The fourth-order valence-corrected chi connectivity index (χ4v) is 1.82. The van der Waals surface area contributed by atoms with E-state index in [9.17, 15) is 0 Å². The van der Waals surface area contributed by atoms with Crippen molar-refractivity contribution >= 4 is 21.7 Å². The van der Waals surface area contributed by atoms with E-state index in [2.05, 4.69) is 32.7 Å². The lowest BCUT2D eigenvalue weighted by atomic mass is 10.3. The number of hydrogen-bond donors (Lipinski definition) is 0. The molecule has 14 heavy (non-hydrogen) atoms. The van der Waals surface area contributed by atoms with Crippen molar-refractivity contribution in [2.75, 3.05) is 24.6 Å². The summed E-state index contributed by atoms with van der Waals surface area (Å²) < 4.78 is 6.49. The van der Waals surface area contributed by atoms with Gasteiger partial charge in [0, 0.05) is 23.8 Å². The molecule has 0 bridgehead atoms. The molecule has 0 radical (unpaired) electrons. The zero-order valence-corrected chi connectivity index (χ0v) is 9.70. The maximum absolute atomic E-state index is 5.47. The number of rotatable bonds is 1. The van der Waals surface area contributed by atoms with Crippen molar-refractivity contribution in [2.45, 2.75) is 13.0 Å². The number of morpholine rings is 1. The van der Waals surface area contributed by atoms with Crippen molar-refractivity contribution in [1.29, 1.82) is 0 Å². The second kappa shape index (κ2) is 4.28. The first-order valence-electron chi connectivity index (χ1n) is 4.74. The molecule has 0 N–H and O–H groups in total. The zero-order valence-electron chi connectivity index (χ0n) is 8.11. The molecular weight excluding hydrogens is 244 g/mol. The third-order valence-electron chi connectivity index (χ3n) is 2.28. The molecule has 1 aliphatic heterocycles. The Morgan fingerprint density at radius 3 is 3.07 bits per heavy atom. The standard InChI is InChI=1S/C10H13BrN2O/c1-8-7-13(4-5-14-8)10-3-2-9(11)6-12-10/h2-3,6,8H,4-5,7H2,1H3/t8-/m0/s1. The summed E-state index contributed by atoms with van der Waals surface area (Å²) >= 11 is 3.38. The quantitative estimate of drug-likeness (QED) is 0.770. The molecule has 0 spiro atoms. The van der Waals surface area contributed by atoms with Gasteiger partial charge in [-0.05, 0) is 35.0 Å². The third-order valence-corrected chi connectivity index (χ3v) is 2.75. The average Bonchev–Trinajstić information content (AvgIpc) is 2.19. The van der Waals surface area contributed by atoms with Crippen LogP contribution in [0.5, 0.6) is 0 Å². The fourth-order valence-electron chi connectivity index (χ4n) is 1.58. The van der Waals surface area contributed by atoms with E-state index >= 15 is 0 Å². The molecule has 0 aromatic carbocycles. The zero-order chi connectivity index (χ0) is 9.97. The number of pyridine rings is 1. The van der Waals surface area contributed by atoms with Gasteiger partial charge in [0.15, 0.2) is 0 Å². The molecule has 0 amide bonds. The van der Waals surface area contributed by atoms with E-state index < -0.39 is 0 Å². The summed E-state index contributed by atoms with van der Waals surface area (Å²) in [6.07, 6.45) is 2.13. The summed E-state index contributed by atoms with van der Waals surface area (Å²) in [5.41, 5.74) is 0. The van der Waals surface area contributed by atoms with Gasteiger partial charge in [0.2, 0.25) is 0 Å². The molecule has 1 aliphatic rings. The molecule has 2 rings (SSSR count). The van der Waals surface area contributed by atoms with Gasteiger partial charge in [-0.15, -0.1) is 0 Å². The van der Waals surface area contributed by atoms with Crippen LogP contribution >= 0.6 is 15.9 Å². The van der Waals surface area contributed by atoms with E-state index in [0.29, 0.717) is 6.10 Å². The highest BCUT2D eigenvalue weighted by Crippen LogP contribution is 2.17. The number of halogens is 1. The minimum atomic E-state index is 0.300. The molecule has 76 valence electrons. The molecule has 1 aromatic heterocycles. The first kappa shape index (κ1) is 9.93. The maximum Gasteiger partial charge on any atom is 0.128 e. The van der Waals surface area contributed by atoms with Gasteiger partial charge >= 0.3 is 0 Å². The van der Waals surface area contributed by atoms with E-state index in [0.717, 1.165) is 30.0 Å². The van der Waals surface area contributed by atoms with E-state index in [1.807, 2.05) is 18.3 Å². The summed E-state index contributed by atoms with van der Waals surface area (Å²) in [6.45, 7) is 4.73. The SMILES string of the molecule is C[C@H]1CN(c2ccc(Br)cn2)CCO1. The molecule has 1 aromatic rings. The topological polar surface area (TPSA) is 25.4 Å². The van der Waals surface area contributed by atoms with Crippen LogP contribution in [0.4, 0.5) is 5.82 Å². The largest absolute Gasteiger partial charge is 0.375 e. The number of nitrogens with zero attached hydrogens (tertiary/aromatic N) is 2. The molecule has 1 fully saturated rings. The summed E-state index contributed by atoms with van der Waals surface area (Å²) in [5.74, 6) is 1.03. The molecule has 1 atom stereocenters. The number of anilines is 1. The molecule has 3 nitrogen and oxygen atoms in total. The smallest absolute Gasteiger partial charge is 0.128 e. The van der Waals surface area contributed by atoms with Gasteiger partial charge in [-0.2, -0.15) is 0 Å². The molecule has 0 saturated carbocycles. The van der Waals surface area contributed by atoms with Crippen LogP contribution in [0.15, 0.2) is 22.8 Å². The highest BCUT2D eigenvalue weighted by molar-refractivity contribution is 9.10. The minimum absolute atomic E-state index is 0.300. The van der Waals surface area contributed by atoms with E-state index in [-0.39, 0.29) is 0 Å². The van der Waals surface area contributed by atoms with Gasteiger partial charge in [0.1, 0.15) is 5.82 Å². The number of hydrogen-bond acceptors (Lipinski definition) is 3. The van der Waals surface area contributed by atoms with Crippen molar-refractivity contribution in [1.82, 2.24) is 4.98 Å². The maximum atomic E-state index is 5.47. The first-order chi connectivity index (χ1) is 6.75. The molecule has 4 heteroatoms. The first-order valence-corrected chi connectivity index (χ1v) is 5.53. The van der Waals surface area contributed by atoms with Crippen molar-refractivity contribution in [2.24, 2.45) is 0 Å². The van der Waals surface area contributed by atoms with Gasteiger partial charge in [0.05, 0.1) is 12.7 Å². The van der Waals surface area contributed by atoms with Crippen molar-refractivity contribution < 1.29 is 4.74 Å². The Labute approximate surface area is 92.2 Å². The molecule has 0 aliphatic carbocycles. The predicted octanol–water partition coefficient (Wildman–Crippen LogP) is 2.07. The summed E-state index contributed by atoms with van der Waals surface area (Å²) in [5, 5.41) is 0. The van der Waals surface area contributed by atoms with Crippen LogP contribution in [0.1, 0.15) is 6.92 Å². The Morgan fingerprint density at radius 1 is 1.57 bits per heavy atom. The summed E-state index contributed by atoms with van der Waals surface area (Å²) in [4.78, 5) is 6.61. The molecular formula is C10H13BrN2O. The van der Waals surface area contributed by atoms with E-state index in [4.69, 9.17) is 4.74 Å². The Bertz CT molecular complexity index is 301.